The molecule has 1 rings (SSSR count). The predicted molar refractivity (Wildman–Crippen MR) is 31.4 cm³/mol. The summed E-state index contributed by atoms with van der Waals surface area (Å²) in [6.07, 6.45) is -2.12. The molecule has 0 spiro atoms. The van der Waals surface area contributed by atoms with Crippen LogP contribution < -0.4 is 5.32 Å². The average molecular weight is 147 g/mol. The minimum Gasteiger partial charge on any atom is -0.441 e. The van der Waals surface area contributed by atoms with Gasteiger partial charge in [0.15, 0.2) is 0 Å². The standard InChI is InChI=1S/C5H9NO4/c7-2-3(8)4-1-6-5(9)10-4/h3-4,7-8H,1-2H2,(H,6,9)/t3?,4-/m0/s1. The first-order valence-corrected chi connectivity index (χ1v) is 2.97. The third-order valence-corrected chi connectivity index (χ3v) is 1.32. The lowest BCUT2D eigenvalue weighted by Crippen LogP contribution is -2.32. The van der Waals surface area contributed by atoms with Crippen molar-refractivity contribution in [2.45, 2.75) is 12.2 Å². The normalized spacial score (nSPS) is 27.4. The van der Waals surface area contributed by atoms with Gasteiger partial charge in [-0.05, 0) is 0 Å². The van der Waals surface area contributed by atoms with Crippen LogP contribution in [0.25, 0.3) is 0 Å². The Morgan fingerprint density at radius 1 is 1.90 bits per heavy atom. The SMILES string of the molecule is O=C1NC[C@@H](C(O)CO)O1. The highest BCUT2D eigenvalue weighted by Gasteiger charge is 2.28. The molecule has 0 aromatic rings. The van der Waals surface area contributed by atoms with Gasteiger partial charge in [0.25, 0.3) is 0 Å². The van der Waals surface area contributed by atoms with Crippen molar-refractivity contribution >= 4 is 6.09 Å². The number of carbonyl (C=O) groups excluding carboxylic acids is 1. The van der Waals surface area contributed by atoms with Crippen LogP contribution in [0.3, 0.4) is 0 Å². The molecule has 0 saturated carbocycles. The number of hydrogen-bond acceptors (Lipinski definition) is 4. The number of aliphatic hydroxyl groups is 2. The minimum absolute atomic E-state index is 0.264. The molecular formula is C5H9NO4. The van der Waals surface area contributed by atoms with E-state index in [0.29, 0.717) is 0 Å². The van der Waals surface area contributed by atoms with E-state index in [2.05, 4.69) is 10.1 Å². The molecule has 5 nitrogen and oxygen atoms in total. The number of rotatable bonds is 2. The molecule has 1 amide bonds. The Bertz CT molecular complexity index is 138. The first kappa shape index (κ1) is 7.30. The molecule has 10 heavy (non-hydrogen) atoms. The maximum absolute atomic E-state index is 10.3. The number of cyclic esters (lactones) is 1. The minimum atomic E-state index is -0.973. The maximum atomic E-state index is 10.3. The topological polar surface area (TPSA) is 78.8 Å². The maximum Gasteiger partial charge on any atom is 0.407 e. The molecule has 1 aliphatic heterocycles. The van der Waals surface area contributed by atoms with E-state index in [9.17, 15) is 4.79 Å². The number of aliphatic hydroxyl groups excluding tert-OH is 2. The first-order valence-electron chi connectivity index (χ1n) is 2.97. The van der Waals surface area contributed by atoms with E-state index in [1.54, 1.807) is 0 Å². The molecule has 1 heterocycles. The largest absolute Gasteiger partial charge is 0.441 e. The second-order valence-corrected chi connectivity index (χ2v) is 2.07. The molecule has 1 unspecified atom stereocenters. The van der Waals surface area contributed by atoms with E-state index < -0.39 is 18.3 Å². The van der Waals surface area contributed by atoms with Crippen LogP contribution in [0.15, 0.2) is 0 Å². The lowest BCUT2D eigenvalue weighted by atomic mass is 10.2. The van der Waals surface area contributed by atoms with E-state index in [-0.39, 0.29) is 13.2 Å². The summed E-state index contributed by atoms with van der Waals surface area (Å²) >= 11 is 0. The van der Waals surface area contributed by atoms with Crippen LogP contribution in [0, 0.1) is 0 Å². The number of hydrogen-bond donors (Lipinski definition) is 3. The zero-order chi connectivity index (χ0) is 7.56. The lowest BCUT2D eigenvalue weighted by molar-refractivity contribution is -0.000677. The van der Waals surface area contributed by atoms with Gasteiger partial charge in [-0.25, -0.2) is 4.79 Å². The van der Waals surface area contributed by atoms with E-state index in [1.807, 2.05) is 0 Å². The third kappa shape index (κ3) is 1.37. The second-order valence-electron chi connectivity index (χ2n) is 2.07. The zero-order valence-electron chi connectivity index (χ0n) is 5.28. The summed E-state index contributed by atoms with van der Waals surface area (Å²) in [6.45, 7) is -0.125. The summed E-state index contributed by atoms with van der Waals surface area (Å²) in [4.78, 5) is 10.3. The summed E-state index contributed by atoms with van der Waals surface area (Å²) < 4.78 is 4.55. The Hall–Kier alpha value is -0.810. The highest BCUT2D eigenvalue weighted by molar-refractivity contribution is 5.69. The quantitative estimate of drug-likeness (QED) is 0.441. The van der Waals surface area contributed by atoms with E-state index >= 15 is 0 Å². The van der Waals surface area contributed by atoms with Crippen LogP contribution in [0.4, 0.5) is 4.79 Å². The Morgan fingerprint density at radius 2 is 2.60 bits per heavy atom. The van der Waals surface area contributed by atoms with Crippen LogP contribution in [-0.4, -0.2) is 41.7 Å². The van der Waals surface area contributed by atoms with Crippen LogP contribution in [0.2, 0.25) is 0 Å². The van der Waals surface area contributed by atoms with Crippen molar-refractivity contribution in [2.24, 2.45) is 0 Å². The molecule has 1 saturated heterocycles. The molecule has 1 aliphatic rings. The van der Waals surface area contributed by atoms with Crippen molar-refractivity contribution in [3.05, 3.63) is 0 Å². The summed E-state index contributed by atoms with van der Waals surface area (Å²) in [5.74, 6) is 0. The molecule has 0 bridgehead atoms. The highest BCUT2D eigenvalue weighted by Crippen LogP contribution is 2.03. The summed E-state index contributed by atoms with van der Waals surface area (Å²) in [5.41, 5.74) is 0. The van der Waals surface area contributed by atoms with Crippen molar-refractivity contribution in [1.82, 2.24) is 5.32 Å². The molecule has 58 valence electrons. The van der Waals surface area contributed by atoms with Gasteiger partial charge in [-0.2, -0.15) is 0 Å². The molecule has 2 atom stereocenters. The third-order valence-electron chi connectivity index (χ3n) is 1.32. The molecule has 0 radical (unpaired) electrons. The molecule has 0 aliphatic carbocycles. The molecule has 0 aromatic heterocycles. The van der Waals surface area contributed by atoms with Gasteiger partial charge in [0.2, 0.25) is 0 Å². The highest BCUT2D eigenvalue weighted by atomic mass is 16.6. The van der Waals surface area contributed by atoms with Crippen LogP contribution >= 0.6 is 0 Å². The fourth-order valence-electron chi connectivity index (χ4n) is 0.737. The summed E-state index contributed by atoms with van der Waals surface area (Å²) in [6, 6.07) is 0. The number of nitrogens with one attached hydrogen (secondary N) is 1. The lowest BCUT2D eigenvalue weighted by Gasteiger charge is -2.11. The van der Waals surface area contributed by atoms with Crippen LogP contribution in [0.5, 0.6) is 0 Å². The number of amides is 1. The number of carbonyl (C=O) groups is 1. The number of alkyl carbamates (subject to hydrolysis) is 1. The van der Waals surface area contributed by atoms with Gasteiger partial charge in [0.1, 0.15) is 12.2 Å². The van der Waals surface area contributed by atoms with Crippen molar-refractivity contribution < 1.29 is 19.7 Å². The molecule has 3 N–H and O–H groups in total. The monoisotopic (exact) mass is 147 g/mol. The fourth-order valence-corrected chi connectivity index (χ4v) is 0.737. The summed E-state index contributed by atoms with van der Waals surface area (Å²) in [7, 11) is 0. The number of ether oxygens (including phenoxy) is 1. The van der Waals surface area contributed by atoms with Crippen LogP contribution in [-0.2, 0) is 4.74 Å². The van der Waals surface area contributed by atoms with Gasteiger partial charge in [-0.3, -0.25) is 0 Å². The molecule has 5 heteroatoms. The fraction of sp³-hybridized carbons (Fsp3) is 0.800. The predicted octanol–water partition coefficient (Wildman–Crippen LogP) is -1.55. The Kier molecular flexibility index (Phi) is 2.08. The molecular weight excluding hydrogens is 138 g/mol. The van der Waals surface area contributed by atoms with Crippen molar-refractivity contribution in [1.29, 1.82) is 0 Å². The van der Waals surface area contributed by atoms with E-state index in [0.717, 1.165) is 0 Å². The van der Waals surface area contributed by atoms with Gasteiger partial charge >= 0.3 is 6.09 Å². The van der Waals surface area contributed by atoms with E-state index in [4.69, 9.17) is 10.2 Å². The van der Waals surface area contributed by atoms with Crippen molar-refractivity contribution in [3.63, 3.8) is 0 Å². The molecule has 0 aromatic carbocycles. The van der Waals surface area contributed by atoms with Crippen LogP contribution in [0.1, 0.15) is 0 Å². The smallest absolute Gasteiger partial charge is 0.407 e. The van der Waals surface area contributed by atoms with Gasteiger partial charge in [0, 0.05) is 0 Å². The Labute approximate surface area is 57.6 Å². The van der Waals surface area contributed by atoms with Gasteiger partial charge in [-0.15, -0.1) is 0 Å². The van der Waals surface area contributed by atoms with Crippen molar-refractivity contribution in [3.8, 4) is 0 Å². The Balaban J connectivity index is 2.36. The van der Waals surface area contributed by atoms with E-state index in [1.165, 1.54) is 0 Å². The average Bonchev–Trinajstić information content (AvgIpc) is 2.34. The Morgan fingerprint density at radius 3 is 3.00 bits per heavy atom. The van der Waals surface area contributed by atoms with Crippen molar-refractivity contribution in [2.75, 3.05) is 13.2 Å². The second kappa shape index (κ2) is 2.85. The first-order chi connectivity index (χ1) is 4.74. The molecule has 1 fully saturated rings. The van der Waals surface area contributed by atoms with Gasteiger partial charge in [-0.1, -0.05) is 0 Å². The zero-order valence-corrected chi connectivity index (χ0v) is 5.28. The summed E-state index contributed by atoms with van der Waals surface area (Å²) in [5, 5.41) is 19.7. The van der Waals surface area contributed by atoms with Gasteiger partial charge < -0.3 is 20.3 Å². The van der Waals surface area contributed by atoms with Gasteiger partial charge in [0.05, 0.1) is 13.2 Å².